The van der Waals surface area contributed by atoms with Gasteiger partial charge in [-0.05, 0) is 18.2 Å². The van der Waals surface area contributed by atoms with Gasteiger partial charge in [-0.25, -0.2) is 13.4 Å². The van der Waals surface area contributed by atoms with Gasteiger partial charge in [0.15, 0.2) is 9.84 Å². The molecule has 2 aromatic heterocycles. The standard InChI is InChI=1S/C19H14N2O3S/c22-25(23)11-8-13(12-25)21-10-9-20-19(21)16-6-3-5-15-14-4-1-2-7-17(14)24-18(15)16/h1-11,13H,12H2/t13-/m0/s1. The number of hydrogen-bond acceptors (Lipinski definition) is 4. The molecule has 0 radical (unpaired) electrons. The van der Waals surface area contributed by atoms with Crippen molar-refractivity contribution >= 4 is 31.8 Å². The van der Waals surface area contributed by atoms with Gasteiger partial charge in [0, 0.05) is 28.6 Å². The number of aromatic nitrogens is 2. The minimum atomic E-state index is -3.14. The molecule has 2 aromatic carbocycles. The second-order valence-corrected chi connectivity index (χ2v) is 8.10. The van der Waals surface area contributed by atoms with Crippen LogP contribution in [0.5, 0.6) is 0 Å². The Hall–Kier alpha value is -2.86. The molecular weight excluding hydrogens is 336 g/mol. The molecule has 0 amide bonds. The lowest BCUT2D eigenvalue weighted by Crippen LogP contribution is -2.12. The zero-order valence-corrected chi connectivity index (χ0v) is 14.0. The minimum absolute atomic E-state index is 0.0620. The molecule has 5 nitrogen and oxygen atoms in total. The van der Waals surface area contributed by atoms with Crippen molar-refractivity contribution in [1.82, 2.24) is 9.55 Å². The normalized spacial score (nSPS) is 19.1. The summed E-state index contributed by atoms with van der Waals surface area (Å²) in [6.07, 6.45) is 5.21. The number of hydrogen-bond donors (Lipinski definition) is 0. The van der Waals surface area contributed by atoms with E-state index in [9.17, 15) is 8.42 Å². The number of allylic oxidation sites excluding steroid dienone is 1. The predicted octanol–water partition coefficient (Wildman–Crippen LogP) is 3.93. The van der Waals surface area contributed by atoms with Gasteiger partial charge in [0.1, 0.15) is 17.0 Å². The average molecular weight is 350 g/mol. The van der Waals surface area contributed by atoms with Gasteiger partial charge >= 0.3 is 0 Å². The Balaban J connectivity index is 1.73. The molecule has 1 aliphatic heterocycles. The molecule has 4 aromatic rings. The van der Waals surface area contributed by atoms with Crippen LogP contribution in [-0.4, -0.2) is 23.7 Å². The molecule has 0 fully saturated rings. The van der Waals surface area contributed by atoms with Crippen LogP contribution in [0.1, 0.15) is 6.04 Å². The summed E-state index contributed by atoms with van der Waals surface area (Å²) in [5, 5.41) is 3.36. The monoisotopic (exact) mass is 350 g/mol. The summed E-state index contributed by atoms with van der Waals surface area (Å²) in [5.41, 5.74) is 2.45. The topological polar surface area (TPSA) is 65.1 Å². The molecule has 0 aliphatic carbocycles. The average Bonchev–Trinajstić information content (AvgIpc) is 3.30. The number of benzene rings is 2. The second kappa shape index (κ2) is 5.07. The number of imidazole rings is 1. The molecule has 3 heterocycles. The highest BCUT2D eigenvalue weighted by Gasteiger charge is 2.26. The van der Waals surface area contributed by atoms with Crippen molar-refractivity contribution in [3.8, 4) is 11.4 Å². The van der Waals surface area contributed by atoms with Crippen LogP contribution in [0.25, 0.3) is 33.3 Å². The fraction of sp³-hybridized carbons (Fsp3) is 0.105. The van der Waals surface area contributed by atoms with E-state index >= 15 is 0 Å². The van der Waals surface area contributed by atoms with E-state index in [1.165, 1.54) is 5.41 Å². The predicted molar refractivity (Wildman–Crippen MR) is 96.9 cm³/mol. The molecule has 0 bridgehead atoms. The number of furan rings is 1. The zero-order chi connectivity index (χ0) is 17.0. The maximum atomic E-state index is 11.8. The number of sulfone groups is 1. The lowest BCUT2D eigenvalue weighted by atomic mass is 10.1. The van der Waals surface area contributed by atoms with Crippen molar-refractivity contribution < 1.29 is 12.8 Å². The van der Waals surface area contributed by atoms with Crippen molar-refractivity contribution in [2.75, 3.05) is 5.75 Å². The molecule has 6 heteroatoms. The first kappa shape index (κ1) is 14.5. The Morgan fingerprint density at radius 3 is 2.76 bits per heavy atom. The lowest BCUT2D eigenvalue weighted by Gasteiger charge is -2.13. The van der Waals surface area contributed by atoms with Gasteiger partial charge in [-0.2, -0.15) is 0 Å². The van der Waals surface area contributed by atoms with Crippen molar-refractivity contribution in [2.24, 2.45) is 0 Å². The number of fused-ring (bicyclic) bond motifs is 3. The van der Waals surface area contributed by atoms with Crippen LogP contribution in [-0.2, 0) is 9.84 Å². The van der Waals surface area contributed by atoms with Crippen LogP contribution in [0.2, 0.25) is 0 Å². The number of rotatable bonds is 2. The first-order chi connectivity index (χ1) is 12.1. The Kier molecular flexibility index (Phi) is 2.93. The van der Waals surface area contributed by atoms with Crippen LogP contribution in [0, 0.1) is 0 Å². The third kappa shape index (κ3) is 2.21. The third-order valence-electron chi connectivity index (χ3n) is 4.58. The molecule has 0 unspecified atom stereocenters. The smallest absolute Gasteiger partial charge is 0.173 e. The summed E-state index contributed by atoms with van der Waals surface area (Å²) < 4.78 is 31.5. The van der Waals surface area contributed by atoms with E-state index in [1.807, 2.05) is 53.2 Å². The van der Waals surface area contributed by atoms with Gasteiger partial charge in [-0.3, -0.25) is 0 Å². The van der Waals surface area contributed by atoms with Crippen LogP contribution in [0.15, 0.2) is 70.8 Å². The fourth-order valence-corrected chi connectivity index (χ4v) is 4.72. The van der Waals surface area contributed by atoms with E-state index in [-0.39, 0.29) is 11.8 Å². The fourth-order valence-electron chi connectivity index (χ4n) is 3.45. The Morgan fingerprint density at radius 1 is 1.08 bits per heavy atom. The van der Waals surface area contributed by atoms with E-state index in [4.69, 9.17) is 4.42 Å². The van der Waals surface area contributed by atoms with Gasteiger partial charge < -0.3 is 8.98 Å². The van der Waals surface area contributed by atoms with Gasteiger partial charge in [-0.1, -0.05) is 30.3 Å². The van der Waals surface area contributed by atoms with E-state index in [2.05, 4.69) is 4.98 Å². The van der Waals surface area contributed by atoms with E-state index in [0.717, 1.165) is 27.5 Å². The summed E-state index contributed by atoms with van der Waals surface area (Å²) in [7, 11) is -3.14. The third-order valence-corrected chi connectivity index (χ3v) is 5.96. The largest absolute Gasteiger partial charge is 0.455 e. The van der Waals surface area contributed by atoms with Gasteiger partial charge in [0.25, 0.3) is 0 Å². The summed E-state index contributed by atoms with van der Waals surface area (Å²) >= 11 is 0. The van der Waals surface area contributed by atoms with Crippen LogP contribution < -0.4 is 0 Å². The Morgan fingerprint density at radius 2 is 1.92 bits per heavy atom. The summed E-state index contributed by atoms with van der Waals surface area (Å²) in [6, 6.07) is 13.6. The summed E-state index contributed by atoms with van der Waals surface area (Å²) in [4.78, 5) is 4.47. The van der Waals surface area contributed by atoms with E-state index in [0.29, 0.717) is 5.82 Å². The number of nitrogens with zero attached hydrogens (tertiary/aromatic N) is 2. The van der Waals surface area contributed by atoms with Gasteiger partial charge in [-0.15, -0.1) is 0 Å². The molecule has 0 spiro atoms. The van der Waals surface area contributed by atoms with E-state index < -0.39 is 9.84 Å². The van der Waals surface area contributed by atoms with Crippen molar-refractivity contribution in [3.63, 3.8) is 0 Å². The second-order valence-electron chi connectivity index (χ2n) is 6.16. The maximum absolute atomic E-state index is 11.8. The van der Waals surface area contributed by atoms with Crippen LogP contribution in [0.4, 0.5) is 0 Å². The molecule has 5 rings (SSSR count). The number of para-hydroxylation sites is 2. The summed E-state index contributed by atoms with van der Waals surface area (Å²) in [6.45, 7) is 0. The first-order valence-corrected chi connectivity index (χ1v) is 9.68. The molecule has 0 saturated heterocycles. The molecule has 0 N–H and O–H groups in total. The van der Waals surface area contributed by atoms with Crippen molar-refractivity contribution in [3.05, 3.63) is 66.3 Å². The van der Waals surface area contributed by atoms with Crippen molar-refractivity contribution in [2.45, 2.75) is 6.04 Å². The highest BCUT2D eigenvalue weighted by Crippen LogP contribution is 2.36. The maximum Gasteiger partial charge on any atom is 0.173 e. The van der Waals surface area contributed by atoms with Gasteiger partial charge in [0.05, 0.1) is 17.4 Å². The molecule has 0 saturated carbocycles. The van der Waals surface area contributed by atoms with Gasteiger partial charge in [0.2, 0.25) is 0 Å². The van der Waals surface area contributed by atoms with Crippen LogP contribution >= 0.6 is 0 Å². The molecule has 25 heavy (non-hydrogen) atoms. The molecule has 1 aliphatic rings. The Bertz CT molecular complexity index is 1250. The quantitative estimate of drug-likeness (QED) is 0.549. The van der Waals surface area contributed by atoms with Crippen LogP contribution in [0.3, 0.4) is 0 Å². The van der Waals surface area contributed by atoms with E-state index in [1.54, 1.807) is 12.3 Å². The molecule has 1 atom stereocenters. The SMILES string of the molecule is O=S1(=O)C=C[C@H](n2ccnc2-c2cccc3c2oc2ccccc23)C1. The lowest BCUT2D eigenvalue weighted by molar-refractivity contribution is 0.593. The van der Waals surface area contributed by atoms with Crippen molar-refractivity contribution in [1.29, 1.82) is 0 Å². The zero-order valence-electron chi connectivity index (χ0n) is 13.2. The Labute approximate surface area is 144 Å². The highest BCUT2D eigenvalue weighted by molar-refractivity contribution is 7.94. The minimum Gasteiger partial charge on any atom is -0.455 e. The molecular formula is C19H14N2O3S. The highest BCUT2D eigenvalue weighted by atomic mass is 32.2. The molecule has 124 valence electrons. The summed E-state index contributed by atoms with van der Waals surface area (Å²) in [5.74, 6) is 0.767. The first-order valence-electron chi connectivity index (χ1n) is 7.97.